The summed E-state index contributed by atoms with van der Waals surface area (Å²) in [6.07, 6.45) is 9.52. The first-order chi connectivity index (χ1) is 19.0. The van der Waals surface area contributed by atoms with Crippen molar-refractivity contribution in [2.75, 3.05) is 12.0 Å². The molecule has 1 unspecified atom stereocenters. The number of carbonyl (C=O) groups is 2. The maximum atomic E-state index is 13.7. The van der Waals surface area contributed by atoms with Gasteiger partial charge in [-0.3, -0.25) is 4.79 Å². The van der Waals surface area contributed by atoms with E-state index in [-0.39, 0.29) is 18.0 Å². The van der Waals surface area contributed by atoms with Gasteiger partial charge < -0.3 is 20.4 Å². The van der Waals surface area contributed by atoms with Crippen molar-refractivity contribution >= 4 is 23.6 Å². The van der Waals surface area contributed by atoms with E-state index in [1.807, 2.05) is 56.5 Å². The number of thioether (sulfide) groups is 1. The molecule has 3 rings (SSSR count). The van der Waals surface area contributed by atoms with Crippen LogP contribution in [0.1, 0.15) is 73.1 Å². The number of imidazole rings is 1. The van der Waals surface area contributed by atoms with E-state index in [0.717, 1.165) is 59.4 Å². The molecule has 3 aromatic rings. The summed E-state index contributed by atoms with van der Waals surface area (Å²) in [5, 5.41) is 6.43. The minimum Gasteiger partial charge on any atom is -0.461 e. The molecule has 1 aromatic heterocycles. The van der Waals surface area contributed by atoms with E-state index >= 15 is 0 Å². The number of esters is 1. The molecule has 39 heavy (non-hydrogen) atoms. The number of nitrogens with one attached hydrogen (secondary N) is 3. The molecule has 0 saturated heterocycles. The smallest absolute Gasteiger partial charge is 0.328 e. The molecule has 7 nitrogen and oxygen atoms in total. The number of amides is 1. The van der Waals surface area contributed by atoms with Gasteiger partial charge in [-0.15, -0.1) is 0 Å². The number of aromatic amines is 1. The topological polar surface area (TPSA) is 96.1 Å². The Kier molecular flexibility index (Phi) is 12.6. The molecule has 1 heterocycles. The van der Waals surface area contributed by atoms with E-state index in [0.29, 0.717) is 25.1 Å². The summed E-state index contributed by atoms with van der Waals surface area (Å²) in [5.74, 6) is 0.129. The Labute approximate surface area is 236 Å². The zero-order chi connectivity index (χ0) is 28.0. The summed E-state index contributed by atoms with van der Waals surface area (Å²) in [4.78, 5) is 34.0. The molecule has 2 atom stereocenters. The van der Waals surface area contributed by atoms with Crippen molar-refractivity contribution in [3.8, 4) is 11.1 Å². The Morgan fingerprint density at radius 2 is 1.90 bits per heavy atom. The molecule has 0 saturated carbocycles. The van der Waals surface area contributed by atoms with Crippen LogP contribution < -0.4 is 10.6 Å². The molecule has 0 fully saturated rings. The molecule has 8 heteroatoms. The molecular weight excluding hydrogens is 508 g/mol. The van der Waals surface area contributed by atoms with Gasteiger partial charge in [-0.25, -0.2) is 9.78 Å². The van der Waals surface area contributed by atoms with Gasteiger partial charge in [-0.1, -0.05) is 57.0 Å². The number of ether oxygens (including phenoxy) is 1. The normalized spacial score (nSPS) is 12.6. The predicted molar refractivity (Wildman–Crippen MR) is 160 cm³/mol. The van der Waals surface area contributed by atoms with Crippen molar-refractivity contribution < 1.29 is 14.3 Å². The number of carbonyl (C=O) groups excluding carboxylic acids is 2. The zero-order valence-electron chi connectivity index (χ0n) is 23.6. The summed E-state index contributed by atoms with van der Waals surface area (Å²) in [7, 11) is 0. The minimum absolute atomic E-state index is 0.123. The van der Waals surface area contributed by atoms with E-state index in [2.05, 4.69) is 33.6 Å². The average Bonchev–Trinajstić information content (AvgIpc) is 3.47. The Balaban J connectivity index is 1.82. The van der Waals surface area contributed by atoms with Crippen molar-refractivity contribution in [3.63, 3.8) is 0 Å². The fourth-order valence-corrected chi connectivity index (χ4v) is 4.94. The molecule has 0 aliphatic heterocycles. The van der Waals surface area contributed by atoms with Crippen LogP contribution >= 0.6 is 11.8 Å². The van der Waals surface area contributed by atoms with Crippen LogP contribution in [-0.2, 0) is 22.6 Å². The number of unbranched alkanes of at least 4 members (excludes halogenated alkanes) is 1. The number of H-pyrrole nitrogens is 1. The number of hydrogen-bond donors (Lipinski definition) is 3. The van der Waals surface area contributed by atoms with E-state index in [9.17, 15) is 9.59 Å². The van der Waals surface area contributed by atoms with Crippen LogP contribution in [-0.4, -0.2) is 46.0 Å². The van der Waals surface area contributed by atoms with Crippen LogP contribution in [0.2, 0.25) is 0 Å². The van der Waals surface area contributed by atoms with E-state index in [1.54, 1.807) is 24.3 Å². The van der Waals surface area contributed by atoms with Gasteiger partial charge >= 0.3 is 5.97 Å². The van der Waals surface area contributed by atoms with Crippen LogP contribution in [0.4, 0.5) is 0 Å². The van der Waals surface area contributed by atoms with Gasteiger partial charge in [0.1, 0.15) is 12.1 Å². The summed E-state index contributed by atoms with van der Waals surface area (Å²) >= 11 is 1.65. The van der Waals surface area contributed by atoms with Crippen LogP contribution in [0, 0.1) is 6.92 Å². The molecule has 0 aliphatic carbocycles. The second-order valence-electron chi connectivity index (χ2n) is 9.79. The molecular formula is C31H42N4O3S. The lowest BCUT2D eigenvalue weighted by Crippen LogP contribution is -2.43. The molecule has 0 spiro atoms. The van der Waals surface area contributed by atoms with Crippen molar-refractivity contribution in [1.82, 2.24) is 20.6 Å². The highest BCUT2D eigenvalue weighted by Crippen LogP contribution is 2.28. The third-order valence-electron chi connectivity index (χ3n) is 6.78. The fourth-order valence-electron chi connectivity index (χ4n) is 4.47. The molecule has 0 aliphatic rings. The van der Waals surface area contributed by atoms with Crippen molar-refractivity contribution in [1.29, 1.82) is 0 Å². The number of rotatable bonds is 16. The van der Waals surface area contributed by atoms with Gasteiger partial charge in [0.25, 0.3) is 5.91 Å². The fraction of sp³-hybridized carbons (Fsp3) is 0.452. The first-order valence-electron chi connectivity index (χ1n) is 13.8. The molecule has 0 radical (unpaired) electrons. The maximum absolute atomic E-state index is 13.7. The number of benzene rings is 2. The third-order valence-corrected chi connectivity index (χ3v) is 7.43. The molecule has 210 valence electrons. The van der Waals surface area contributed by atoms with E-state index < -0.39 is 6.04 Å². The van der Waals surface area contributed by atoms with Crippen LogP contribution in [0.15, 0.2) is 55.0 Å². The quantitative estimate of drug-likeness (QED) is 0.188. The number of nitrogens with zero attached hydrogens (tertiary/aromatic N) is 1. The molecule has 2 aromatic carbocycles. The number of hydrogen-bond acceptors (Lipinski definition) is 6. The zero-order valence-corrected chi connectivity index (χ0v) is 24.4. The van der Waals surface area contributed by atoms with Crippen LogP contribution in [0.3, 0.4) is 0 Å². The van der Waals surface area contributed by atoms with Gasteiger partial charge in [0.2, 0.25) is 0 Å². The second-order valence-corrected chi connectivity index (χ2v) is 10.8. The lowest BCUT2D eigenvalue weighted by Gasteiger charge is -2.23. The largest absolute Gasteiger partial charge is 0.461 e. The highest BCUT2D eigenvalue weighted by molar-refractivity contribution is 7.98. The Morgan fingerprint density at radius 3 is 2.59 bits per heavy atom. The van der Waals surface area contributed by atoms with Crippen LogP contribution in [0.5, 0.6) is 0 Å². The van der Waals surface area contributed by atoms with E-state index in [1.165, 1.54) is 0 Å². The minimum atomic E-state index is -0.693. The SMILES string of the molecule is CCCCC(CC)OC(=O)[C@H](CCSC)NC(=O)c1ccc(CNCc2cnc[nH]2)cc1-c1ccccc1C. The summed E-state index contributed by atoms with van der Waals surface area (Å²) in [6, 6.07) is 13.2. The highest BCUT2D eigenvalue weighted by Gasteiger charge is 2.26. The molecule has 0 bridgehead atoms. The van der Waals surface area contributed by atoms with Crippen molar-refractivity contribution in [2.24, 2.45) is 0 Å². The van der Waals surface area contributed by atoms with Gasteiger partial charge in [-0.2, -0.15) is 11.8 Å². The molecule has 1 amide bonds. The monoisotopic (exact) mass is 550 g/mol. The Hall–Kier alpha value is -3.10. The lowest BCUT2D eigenvalue weighted by atomic mass is 9.93. The van der Waals surface area contributed by atoms with Crippen LogP contribution in [0.25, 0.3) is 11.1 Å². The summed E-state index contributed by atoms with van der Waals surface area (Å²) < 4.78 is 5.85. The van der Waals surface area contributed by atoms with Gasteiger partial charge in [0.05, 0.1) is 6.33 Å². The number of aryl methyl sites for hydroxylation is 1. The predicted octanol–water partition coefficient (Wildman–Crippen LogP) is 6.04. The third kappa shape index (κ3) is 9.25. The van der Waals surface area contributed by atoms with Crippen molar-refractivity contribution in [3.05, 3.63) is 77.4 Å². The van der Waals surface area contributed by atoms with Crippen molar-refractivity contribution in [2.45, 2.75) is 78.1 Å². The van der Waals surface area contributed by atoms with Gasteiger partial charge in [-0.05, 0) is 72.6 Å². The Morgan fingerprint density at radius 1 is 1.08 bits per heavy atom. The van der Waals surface area contributed by atoms with Gasteiger partial charge in [0, 0.05) is 30.5 Å². The molecule has 3 N–H and O–H groups in total. The Bertz CT molecular complexity index is 1180. The van der Waals surface area contributed by atoms with Gasteiger partial charge in [0.15, 0.2) is 0 Å². The maximum Gasteiger partial charge on any atom is 0.328 e. The standard InChI is InChI=1S/C31H42N4O3S/c1-5-7-11-25(6-2)38-31(37)29(15-16-39-4)35-30(36)27-14-13-23(18-32-19-24-20-33-21-34-24)17-28(27)26-12-9-8-10-22(26)3/h8-10,12-14,17,20-21,25,29,32H,5-7,11,15-16,18-19H2,1-4H3,(H,33,34)(H,35,36)/t25?,29-/m0/s1. The number of aromatic nitrogens is 2. The highest BCUT2D eigenvalue weighted by atomic mass is 32.2. The summed E-state index contributed by atoms with van der Waals surface area (Å²) in [5.41, 5.74) is 5.53. The summed E-state index contributed by atoms with van der Waals surface area (Å²) in [6.45, 7) is 7.50. The first-order valence-corrected chi connectivity index (χ1v) is 15.2. The average molecular weight is 551 g/mol. The lowest BCUT2D eigenvalue weighted by molar-refractivity contribution is -0.152. The first kappa shape index (κ1) is 30.4. The second kappa shape index (κ2) is 16.1. The van der Waals surface area contributed by atoms with E-state index in [4.69, 9.17) is 4.74 Å².